The van der Waals surface area contributed by atoms with Crippen molar-refractivity contribution in [1.82, 2.24) is 4.72 Å². The van der Waals surface area contributed by atoms with E-state index in [0.29, 0.717) is 18.2 Å². The molecule has 2 N–H and O–H groups in total. The van der Waals surface area contributed by atoms with Crippen LogP contribution in [0.3, 0.4) is 0 Å². The van der Waals surface area contributed by atoms with Gasteiger partial charge in [-0.15, -0.1) is 0 Å². The Hall–Kier alpha value is 0.220. The van der Waals surface area contributed by atoms with Crippen molar-refractivity contribution in [2.75, 3.05) is 25.2 Å². The van der Waals surface area contributed by atoms with E-state index in [9.17, 15) is 8.42 Å². The van der Waals surface area contributed by atoms with Gasteiger partial charge in [0.2, 0.25) is 10.0 Å². The molecule has 0 aliphatic carbocycles. The van der Waals surface area contributed by atoms with Gasteiger partial charge in [0.1, 0.15) is 0 Å². The highest BCUT2D eigenvalue weighted by molar-refractivity contribution is 7.99. The van der Waals surface area contributed by atoms with Gasteiger partial charge in [0.05, 0.1) is 5.75 Å². The Balaban J connectivity index is 3.66. The molecule has 0 heterocycles. The van der Waals surface area contributed by atoms with Crippen molar-refractivity contribution >= 4 is 21.8 Å². The van der Waals surface area contributed by atoms with Gasteiger partial charge in [0.15, 0.2) is 0 Å². The molecule has 0 aromatic rings. The van der Waals surface area contributed by atoms with Crippen LogP contribution in [0, 0.1) is 0 Å². The Morgan fingerprint density at radius 2 is 2.14 bits per heavy atom. The van der Waals surface area contributed by atoms with Crippen molar-refractivity contribution in [2.45, 2.75) is 25.0 Å². The van der Waals surface area contributed by atoms with Crippen LogP contribution in [0.5, 0.6) is 0 Å². The summed E-state index contributed by atoms with van der Waals surface area (Å²) in [5, 5.41) is 8.95. The lowest BCUT2D eigenvalue weighted by atomic mass is 10.3. The molecular weight excluding hydrogens is 222 g/mol. The van der Waals surface area contributed by atoms with E-state index < -0.39 is 10.0 Å². The van der Waals surface area contributed by atoms with Gasteiger partial charge in [0.25, 0.3) is 0 Å². The molecule has 0 spiro atoms. The summed E-state index contributed by atoms with van der Waals surface area (Å²) in [6.45, 7) is 2.46. The van der Waals surface area contributed by atoms with E-state index in [1.165, 1.54) is 0 Å². The van der Waals surface area contributed by atoms with Crippen LogP contribution in [0.1, 0.15) is 19.8 Å². The third-order valence-corrected chi connectivity index (χ3v) is 4.36. The Morgan fingerprint density at radius 1 is 1.50 bits per heavy atom. The van der Waals surface area contributed by atoms with E-state index in [4.69, 9.17) is 5.11 Å². The van der Waals surface area contributed by atoms with Gasteiger partial charge < -0.3 is 5.11 Å². The first-order valence-corrected chi connectivity index (χ1v) is 7.57. The fourth-order valence-electron chi connectivity index (χ4n) is 0.862. The highest BCUT2D eigenvalue weighted by Gasteiger charge is 2.09. The average molecular weight is 241 g/mol. The number of rotatable bonds is 8. The molecule has 1 atom stereocenters. The van der Waals surface area contributed by atoms with Gasteiger partial charge in [-0.25, -0.2) is 13.1 Å². The highest BCUT2D eigenvalue weighted by Crippen LogP contribution is 2.08. The summed E-state index contributed by atoms with van der Waals surface area (Å²) < 4.78 is 25.0. The number of nitrogens with one attached hydrogen (secondary N) is 1. The first-order chi connectivity index (χ1) is 6.52. The molecule has 4 nitrogen and oxygen atoms in total. The maximum atomic E-state index is 11.2. The van der Waals surface area contributed by atoms with Crippen molar-refractivity contribution in [3.8, 4) is 0 Å². The molecule has 0 fully saturated rings. The van der Waals surface area contributed by atoms with E-state index in [1.807, 2.05) is 6.26 Å². The SMILES string of the molecule is CSC(C)CCNS(=O)(=O)CCCO. The summed E-state index contributed by atoms with van der Waals surface area (Å²) in [4.78, 5) is 0. The van der Waals surface area contributed by atoms with Crippen LogP contribution in [0.4, 0.5) is 0 Å². The maximum Gasteiger partial charge on any atom is 0.211 e. The van der Waals surface area contributed by atoms with Crippen LogP contribution >= 0.6 is 11.8 Å². The largest absolute Gasteiger partial charge is 0.396 e. The van der Waals surface area contributed by atoms with Gasteiger partial charge in [-0.05, 0) is 19.1 Å². The summed E-state index contributed by atoms with van der Waals surface area (Å²) in [6.07, 6.45) is 3.14. The van der Waals surface area contributed by atoms with Gasteiger partial charge in [-0.3, -0.25) is 0 Å². The number of sulfonamides is 1. The summed E-state index contributed by atoms with van der Waals surface area (Å²) in [6, 6.07) is 0. The fraction of sp³-hybridized carbons (Fsp3) is 1.00. The van der Waals surface area contributed by atoms with Crippen molar-refractivity contribution in [1.29, 1.82) is 0 Å². The molecule has 14 heavy (non-hydrogen) atoms. The second-order valence-corrected chi connectivity index (χ2v) is 6.33. The zero-order chi connectivity index (χ0) is 11.0. The van der Waals surface area contributed by atoms with E-state index >= 15 is 0 Å². The topological polar surface area (TPSA) is 66.4 Å². The molecular formula is C8H19NO3S2. The third kappa shape index (κ3) is 7.61. The lowest BCUT2D eigenvalue weighted by molar-refractivity contribution is 0.295. The average Bonchev–Trinajstić information content (AvgIpc) is 2.14. The summed E-state index contributed by atoms with van der Waals surface area (Å²) in [5.41, 5.74) is 0. The van der Waals surface area contributed by atoms with Crippen molar-refractivity contribution in [3.05, 3.63) is 0 Å². The van der Waals surface area contributed by atoms with Crippen LogP contribution in [-0.4, -0.2) is 43.9 Å². The Bertz CT molecular complexity index is 229. The molecule has 0 amide bonds. The van der Waals surface area contributed by atoms with Crippen LogP contribution < -0.4 is 4.72 Å². The first-order valence-electron chi connectivity index (χ1n) is 4.63. The van der Waals surface area contributed by atoms with Crippen molar-refractivity contribution in [3.63, 3.8) is 0 Å². The second-order valence-electron chi connectivity index (χ2n) is 3.13. The minimum absolute atomic E-state index is 0.0111. The fourth-order valence-corrected chi connectivity index (χ4v) is 2.30. The molecule has 6 heteroatoms. The third-order valence-electron chi connectivity index (χ3n) is 1.85. The molecule has 0 saturated heterocycles. The second kappa shape index (κ2) is 7.50. The summed E-state index contributed by atoms with van der Waals surface area (Å²) in [5.74, 6) is 0.0111. The molecule has 0 aliphatic heterocycles. The quantitative estimate of drug-likeness (QED) is 0.647. The molecule has 0 aliphatic rings. The molecule has 0 saturated carbocycles. The monoisotopic (exact) mass is 241 g/mol. The predicted molar refractivity (Wildman–Crippen MR) is 61.1 cm³/mol. The normalized spacial score (nSPS) is 14.2. The van der Waals surface area contributed by atoms with E-state index in [2.05, 4.69) is 11.6 Å². The number of thioether (sulfide) groups is 1. The Morgan fingerprint density at radius 3 is 2.64 bits per heavy atom. The predicted octanol–water partition coefficient (Wildman–Crippen LogP) is 0.430. The van der Waals surface area contributed by atoms with Crippen LogP contribution in [-0.2, 0) is 10.0 Å². The van der Waals surface area contributed by atoms with E-state index in [-0.39, 0.29) is 12.4 Å². The maximum absolute atomic E-state index is 11.2. The van der Waals surface area contributed by atoms with Crippen LogP contribution in [0.15, 0.2) is 0 Å². The minimum atomic E-state index is -3.17. The molecule has 0 aromatic heterocycles. The number of aliphatic hydroxyl groups excluding tert-OH is 1. The van der Waals surface area contributed by atoms with Crippen molar-refractivity contribution < 1.29 is 13.5 Å². The molecule has 0 bridgehead atoms. The number of aliphatic hydroxyl groups is 1. The van der Waals surface area contributed by atoms with Crippen molar-refractivity contribution in [2.24, 2.45) is 0 Å². The molecule has 0 rings (SSSR count). The van der Waals surface area contributed by atoms with Crippen LogP contribution in [0.2, 0.25) is 0 Å². The van der Waals surface area contributed by atoms with Crippen LogP contribution in [0.25, 0.3) is 0 Å². The van der Waals surface area contributed by atoms with Gasteiger partial charge in [-0.2, -0.15) is 11.8 Å². The molecule has 0 aromatic carbocycles. The molecule has 1 unspecified atom stereocenters. The lowest BCUT2D eigenvalue weighted by Crippen LogP contribution is -2.28. The van der Waals surface area contributed by atoms with Gasteiger partial charge in [-0.1, -0.05) is 6.92 Å². The standard InChI is InChI=1S/C8H19NO3S2/c1-8(13-2)4-5-9-14(11,12)7-3-6-10/h8-10H,3-7H2,1-2H3. The zero-order valence-electron chi connectivity index (χ0n) is 8.69. The number of hydrogen-bond acceptors (Lipinski definition) is 4. The Labute approximate surface area is 90.5 Å². The smallest absolute Gasteiger partial charge is 0.211 e. The minimum Gasteiger partial charge on any atom is -0.396 e. The summed E-state index contributed by atoms with van der Waals surface area (Å²) in [7, 11) is -3.17. The molecule has 86 valence electrons. The molecule has 0 radical (unpaired) electrons. The first kappa shape index (κ1) is 14.2. The summed E-state index contributed by atoms with van der Waals surface area (Å²) >= 11 is 1.72. The number of hydrogen-bond donors (Lipinski definition) is 2. The van der Waals surface area contributed by atoms with Gasteiger partial charge >= 0.3 is 0 Å². The zero-order valence-corrected chi connectivity index (χ0v) is 10.3. The highest BCUT2D eigenvalue weighted by atomic mass is 32.2. The van der Waals surface area contributed by atoms with E-state index in [0.717, 1.165) is 6.42 Å². The Kier molecular flexibility index (Phi) is 7.62. The lowest BCUT2D eigenvalue weighted by Gasteiger charge is -2.09. The van der Waals surface area contributed by atoms with Gasteiger partial charge in [0, 0.05) is 18.4 Å². The van der Waals surface area contributed by atoms with E-state index in [1.54, 1.807) is 11.8 Å².